The zero-order valence-corrected chi connectivity index (χ0v) is 39.9. The lowest BCUT2D eigenvalue weighted by Crippen LogP contribution is -2.47. The Balaban J connectivity index is 0.998. The van der Waals surface area contributed by atoms with E-state index in [0.717, 1.165) is 61.1 Å². The lowest BCUT2D eigenvalue weighted by molar-refractivity contribution is -0.384. The molecule has 3 aromatic carbocycles. The Morgan fingerprint density at radius 2 is 1.76 bits per heavy atom. The number of nitrogens with zero attached hydrogens (tertiary/aromatic N) is 5. The Kier molecular flexibility index (Phi) is 13.3. The molecule has 16 nitrogen and oxygen atoms in total. The van der Waals surface area contributed by atoms with Crippen LogP contribution < -0.4 is 19.7 Å². The van der Waals surface area contributed by atoms with E-state index in [1.165, 1.54) is 46.0 Å². The lowest BCUT2D eigenvalue weighted by atomic mass is 9.72. The van der Waals surface area contributed by atoms with Crippen molar-refractivity contribution in [1.29, 1.82) is 0 Å². The second kappa shape index (κ2) is 18.8. The van der Waals surface area contributed by atoms with E-state index in [2.05, 4.69) is 55.8 Å². The van der Waals surface area contributed by atoms with Gasteiger partial charge in [-0.25, -0.2) is 22.9 Å². The van der Waals surface area contributed by atoms with Gasteiger partial charge in [-0.2, -0.15) is 0 Å². The highest BCUT2D eigenvalue weighted by molar-refractivity contribution is 7.90. The summed E-state index contributed by atoms with van der Waals surface area (Å²) in [6, 6.07) is 19.8. The third kappa shape index (κ3) is 10.7. The molecule has 4 heterocycles. The van der Waals surface area contributed by atoms with E-state index in [-0.39, 0.29) is 40.9 Å². The molecule has 0 saturated carbocycles. The number of nitro benzene ring substituents is 1. The van der Waals surface area contributed by atoms with Crippen molar-refractivity contribution in [3.8, 4) is 11.5 Å². The molecule has 0 bridgehead atoms. The van der Waals surface area contributed by atoms with Crippen molar-refractivity contribution in [3.05, 3.63) is 117 Å². The first kappa shape index (κ1) is 47.3. The molecule has 354 valence electrons. The molecular weight excluding hydrogens is 896 g/mol. The van der Waals surface area contributed by atoms with E-state index in [1.54, 1.807) is 24.4 Å². The van der Waals surface area contributed by atoms with Gasteiger partial charge in [-0.05, 0) is 102 Å². The Labute approximate surface area is 395 Å². The molecule has 67 heavy (non-hydrogen) atoms. The van der Waals surface area contributed by atoms with Gasteiger partial charge in [0.2, 0.25) is 0 Å². The molecule has 3 aliphatic rings. The number of halogens is 1. The van der Waals surface area contributed by atoms with E-state index in [9.17, 15) is 33.2 Å². The second-order valence-corrected chi connectivity index (χ2v) is 21.8. The number of hydrogen-bond donors (Lipinski definition) is 4. The number of carbonyl (C=O) groups is 2. The average Bonchev–Trinajstić information content (AvgIpc) is 3.94. The number of benzene rings is 3. The van der Waals surface area contributed by atoms with Gasteiger partial charge in [0.05, 0.1) is 21.6 Å². The van der Waals surface area contributed by atoms with Crippen LogP contribution in [0.1, 0.15) is 76.2 Å². The number of pyridine rings is 1. The Morgan fingerprint density at radius 1 is 1.01 bits per heavy atom. The largest absolute Gasteiger partial charge is 0.465 e. The minimum Gasteiger partial charge on any atom is -0.465 e. The molecule has 5 aromatic rings. The number of aromatic amines is 1. The quantitative estimate of drug-likeness (QED) is 0.0644. The maximum atomic E-state index is 14.0. The Bertz CT molecular complexity index is 2830. The number of piperazine rings is 1. The fourth-order valence-corrected chi connectivity index (χ4v) is 11.0. The summed E-state index contributed by atoms with van der Waals surface area (Å²) in [5, 5.41) is 26.7. The number of aromatic nitrogens is 2. The van der Waals surface area contributed by atoms with E-state index < -0.39 is 42.9 Å². The molecule has 0 radical (unpaired) electrons. The Hall–Kier alpha value is -6.17. The van der Waals surface area contributed by atoms with Crippen LogP contribution in [0, 0.1) is 26.9 Å². The number of ether oxygens (including phenoxy) is 1. The lowest BCUT2D eigenvalue weighted by Gasteiger charge is -2.39. The summed E-state index contributed by atoms with van der Waals surface area (Å²) in [6.07, 6.45) is 5.93. The number of carbonyl (C=O) groups excluding carboxylic acids is 1. The topological polar surface area (TPSA) is 203 Å². The number of nitro groups is 1. The molecule has 2 saturated heterocycles. The van der Waals surface area contributed by atoms with Gasteiger partial charge in [-0.1, -0.05) is 63.9 Å². The summed E-state index contributed by atoms with van der Waals surface area (Å²) >= 11 is 6.25. The molecule has 0 spiro atoms. The molecule has 2 aliphatic heterocycles. The maximum absolute atomic E-state index is 14.0. The number of amides is 2. The van der Waals surface area contributed by atoms with E-state index in [1.807, 2.05) is 39.0 Å². The monoisotopic (exact) mass is 952 g/mol. The van der Waals surface area contributed by atoms with Crippen molar-refractivity contribution >= 4 is 67.3 Å². The summed E-state index contributed by atoms with van der Waals surface area (Å²) in [6.45, 7) is 14.9. The predicted molar refractivity (Wildman–Crippen MR) is 260 cm³/mol. The van der Waals surface area contributed by atoms with Crippen LogP contribution in [0.5, 0.6) is 11.5 Å². The van der Waals surface area contributed by atoms with Crippen LogP contribution in [0.3, 0.4) is 0 Å². The van der Waals surface area contributed by atoms with E-state index in [4.69, 9.17) is 16.3 Å². The first-order chi connectivity index (χ1) is 31.7. The SMILES string of the molecule is CC1(C)CCC(CN2CCN(c3ccc(C(=O)NS(=O)(=O)c4ccc(NCC5CCN(C(=O)O)C5C(C)(C)C)c([N+](=O)[O-])c4)c(Oc4cnc5[nH]ccc5c4)c3)CC2)=C(c2ccc(Cl)cc2)C1. The van der Waals surface area contributed by atoms with Gasteiger partial charge in [0, 0.05) is 86.3 Å². The van der Waals surface area contributed by atoms with Crippen LogP contribution in [0.25, 0.3) is 16.6 Å². The van der Waals surface area contributed by atoms with Gasteiger partial charge in [0.1, 0.15) is 22.8 Å². The molecule has 4 N–H and O–H groups in total. The average molecular weight is 954 g/mol. The van der Waals surface area contributed by atoms with Crippen LogP contribution in [0.2, 0.25) is 5.02 Å². The van der Waals surface area contributed by atoms with Gasteiger partial charge in [0.25, 0.3) is 21.6 Å². The van der Waals surface area contributed by atoms with E-state index in [0.29, 0.717) is 37.5 Å². The summed E-state index contributed by atoms with van der Waals surface area (Å²) in [5.74, 6) is -0.727. The van der Waals surface area contributed by atoms with Crippen molar-refractivity contribution < 1.29 is 32.8 Å². The second-order valence-electron chi connectivity index (χ2n) is 19.6. The van der Waals surface area contributed by atoms with Crippen molar-refractivity contribution in [2.75, 3.05) is 56.0 Å². The van der Waals surface area contributed by atoms with Crippen LogP contribution in [-0.4, -0.2) is 102 Å². The zero-order chi connectivity index (χ0) is 47.8. The summed E-state index contributed by atoms with van der Waals surface area (Å²) in [4.78, 5) is 50.7. The summed E-state index contributed by atoms with van der Waals surface area (Å²) in [5.41, 5.74) is 4.78. The molecule has 18 heteroatoms. The van der Waals surface area contributed by atoms with Crippen molar-refractivity contribution in [3.63, 3.8) is 0 Å². The highest BCUT2D eigenvalue weighted by Gasteiger charge is 2.44. The first-order valence-electron chi connectivity index (χ1n) is 22.5. The smallest absolute Gasteiger partial charge is 0.407 e. The van der Waals surface area contributed by atoms with Crippen LogP contribution in [0.4, 0.5) is 21.9 Å². The molecule has 8 rings (SSSR count). The number of allylic oxidation sites excluding steroid dienone is 1. The molecule has 2 atom stereocenters. The minimum absolute atomic E-state index is 0.0645. The molecule has 2 aromatic heterocycles. The van der Waals surface area contributed by atoms with Crippen LogP contribution in [-0.2, 0) is 10.0 Å². The highest BCUT2D eigenvalue weighted by atomic mass is 35.5. The molecule has 2 amide bonds. The molecule has 2 unspecified atom stereocenters. The number of sulfonamides is 1. The third-order valence-electron chi connectivity index (χ3n) is 13.3. The molecule has 1 aliphatic carbocycles. The van der Waals surface area contributed by atoms with Crippen LogP contribution >= 0.6 is 11.6 Å². The fourth-order valence-electron chi connectivity index (χ4n) is 9.90. The standard InChI is InChI=1S/C49H57ClN8O8S/c1-48(2,3)44-33(16-19-57(44)47(60)61)28-52-41-13-11-38(26-42(41)58(62)63)67(64,65)54-46(59)39-12-10-36(25-43(39)66-37-24-32-15-18-51-45(32)53-29-37)56-22-20-55(21-23-56)30-34-14-17-49(4,5)27-40(34)31-6-8-35(50)9-7-31/h6-13,15,18,24-26,29,33,44,52H,14,16-17,19-23,27-28,30H2,1-5H3,(H,51,53)(H,54,59)(H,60,61). The van der Waals surface area contributed by atoms with Crippen molar-refractivity contribution in [2.24, 2.45) is 16.7 Å². The van der Waals surface area contributed by atoms with Gasteiger partial charge in [-0.15, -0.1) is 0 Å². The van der Waals surface area contributed by atoms with Crippen LogP contribution in [0.15, 0.2) is 95.7 Å². The summed E-state index contributed by atoms with van der Waals surface area (Å²) in [7, 11) is -4.65. The van der Waals surface area contributed by atoms with Gasteiger partial charge in [-0.3, -0.25) is 19.8 Å². The predicted octanol–water partition coefficient (Wildman–Crippen LogP) is 9.65. The highest BCUT2D eigenvalue weighted by Crippen LogP contribution is 2.44. The fraction of sp³-hybridized carbons (Fsp3) is 0.408. The number of fused-ring (bicyclic) bond motifs is 1. The van der Waals surface area contributed by atoms with Gasteiger partial charge in [0.15, 0.2) is 0 Å². The minimum atomic E-state index is -4.65. The number of anilines is 2. The normalized spacial score (nSPS) is 19.1. The third-order valence-corrected chi connectivity index (χ3v) is 14.8. The number of rotatable bonds is 13. The molecular formula is C49H57ClN8O8S. The van der Waals surface area contributed by atoms with E-state index >= 15 is 0 Å². The first-order valence-corrected chi connectivity index (χ1v) is 24.4. The van der Waals surface area contributed by atoms with Gasteiger partial charge >= 0.3 is 6.09 Å². The molecule has 2 fully saturated rings. The van der Waals surface area contributed by atoms with Gasteiger partial charge < -0.3 is 29.9 Å². The Morgan fingerprint density at radius 3 is 2.46 bits per heavy atom. The number of nitrogens with one attached hydrogen (secondary N) is 3. The zero-order valence-electron chi connectivity index (χ0n) is 38.3. The number of carboxylic acid groups (broad SMARTS) is 1. The maximum Gasteiger partial charge on any atom is 0.407 e. The van der Waals surface area contributed by atoms with Crippen molar-refractivity contribution in [1.82, 2.24) is 24.5 Å². The summed E-state index contributed by atoms with van der Waals surface area (Å²) < 4.78 is 36.1. The number of likely N-dealkylation sites (tertiary alicyclic amines) is 1. The number of hydrogen-bond acceptors (Lipinski definition) is 11. The van der Waals surface area contributed by atoms with Crippen molar-refractivity contribution in [2.45, 2.75) is 71.2 Å². The number of H-pyrrole nitrogens is 1.